The van der Waals surface area contributed by atoms with Crippen LogP contribution in [0.5, 0.6) is 5.75 Å². The Morgan fingerprint density at radius 3 is 2.44 bits per heavy atom. The van der Waals surface area contributed by atoms with Gasteiger partial charge in [0.05, 0.1) is 12.6 Å². The maximum absolute atomic E-state index is 12.5. The number of nitro groups is 1. The fourth-order valence-electron chi connectivity index (χ4n) is 3.36. The molecule has 0 radical (unpaired) electrons. The van der Waals surface area contributed by atoms with E-state index in [4.69, 9.17) is 16.3 Å². The highest BCUT2D eigenvalue weighted by Gasteiger charge is 2.32. The van der Waals surface area contributed by atoms with Crippen molar-refractivity contribution in [1.29, 1.82) is 0 Å². The summed E-state index contributed by atoms with van der Waals surface area (Å²) in [6.45, 7) is 1.06. The molecule has 1 aliphatic rings. The summed E-state index contributed by atoms with van der Waals surface area (Å²) in [6, 6.07) is 7.12. The van der Waals surface area contributed by atoms with Crippen molar-refractivity contribution < 1.29 is 27.9 Å². The van der Waals surface area contributed by atoms with E-state index in [1.165, 1.54) is 15.7 Å². The molecule has 2 heterocycles. The third kappa shape index (κ3) is 6.97. The second kappa shape index (κ2) is 10.4. The molecule has 0 amide bonds. The van der Waals surface area contributed by atoms with Crippen molar-refractivity contribution in [3.8, 4) is 5.75 Å². The quantitative estimate of drug-likeness (QED) is 0.438. The fourth-order valence-corrected chi connectivity index (χ4v) is 3.58. The Hall–Kier alpha value is -2.57. The number of imidazole rings is 1. The van der Waals surface area contributed by atoms with E-state index in [1.807, 2.05) is 17.0 Å². The third-order valence-corrected chi connectivity index (χ3v) is 5.33. The van der Waals surface area contributed by atoms with Crippen LogP contribution >= 0.6 is 11.6 Å². The van der Waals surface area contributed by atoms with Crippen molar-refractivity contribution in [3.05, 3.63) is 45.9 Å². The largest absolute Gasteiger partial charge is 0.491 e. The average molecular weight is 478 g/mol. The van der Waals surface area contributed by atoms with Gasteiger partial charge in [0.15, 0.2) is 0 Å². The van der Waals surface area contributed by atoms with Gasteiger partial charge >= 0.3 is 17.3 Å². The van der Waals surface area contributed by atoms with E-state index in [2.05, 4.69) is 4.98 Å². The number of rotatable bonds is 9. The highest BCUT2D eigenvalue weighted by molar-refractivity contribution is 6.28. The molecule has 9 nitrogen and oxygen atoms in total. The van der Waals surface area contributed by atoms with Gasteiger partial charge in [-0.25, -0.2) is 0 Å². The average Bonchev–Trinajstić information content (AvgIpc) is 3.11. The maximum Gasteiger partial charge on any atom is 0.401 e. The second-order valence-electron chi connectivity index (χ2n) is 7.44. The molecule has 13 heteroatoms. The standard InChI is InChI=1S/C19H23ClF3N5O4/c20-18-24-17(28(30)31)11-27(18)6-5-15(29)12-32-16-3-1-14(2-4-16)26-9-7-25(8-10-26)13-19(21,22)23/h1-4,11,15,29H,5-10,12-13H2/t15-/m1/s1. The van der Waals surface area contributed by atoms with Crippen molar-refractivity contribution in [2.24, 2.45) is 0 Å². The predicted molar refractivity (Wildman–Crippen MR) is 111 cm³/mol. The number of anilines is 1. The molecular weight excluding hydrogens is 455 g/mol. The van der Waals surface area contributed by atoms with Crippen molar-refractivity contribution in [1.82, 2.24) is 14.5 Å². The molecule has 1 aromatic heterocycles. The first kappa shape index (κ1) is 24.1. The number of hydrogen-bond acceptors (Lipinski definition) is 7. The van der Waals surface area contributed by atoms with Crippen LogP contribution in [0.3, 0.4) is 0 Å². The van der Waals surface area contributed by atoms with Gasteiger partial charge in [0.1, 0.15) is 18.6 Å². The molecule has 0 saturated carbocycles. The van der Waals surface area contributed by atoms with Crippen LogP contribution in [0, 0.1) is 10.1 Å². The van der Waals surface area contributed by atoms with E-state index in [0.717, 1.165) is 5.69 Å². The summed E-state index contributed by atoms with van der Waals surface area (Å²) in [7, 11) is 0. The van der Waals surface area contributed by atoms with Gasteiger partial charge in [-0.1, -0.05) is 0 Å². The van der Waals surface area contributed by atoms with E-state index in [0.29, 0.717) is 31.9 Å². The van der Waals surface area contributed by atoms with Gasteiger partial charge in [0, 0.05) is 38.4 Å². The molecule has 1 aliphatic heterocycles. The number of aromatic nitrogens is 2. The Morgan fingerprint density at radius 2 is 1.88 bits per heavy atom. The lowest BCUT2D eigenvalue weighted by molar-refractivity contribution is -0.389. The Bertz CT molecular complexity index is 901. The van der Waals surface area contributed by atoms with E-state index in [1.54, 1.807) is 12.1 Å². The summed E-state index contributed by atoms with van der Waals surface area (Å²) in [4.78, 5) is 17.1. The molecule has 0 unspecified atom stereocenters. The minimum Gasteiger partial charge on any atom is -0.491 e. The SMILES string of the molecule is O=[N+]([O-])c1cn(CC[C@@H](O)COc2ccc(N3CCN(CC(F)(F)F)CC3)cc2)c(Cl)n1. The van der Waals surface area contributed by atoms with Crippen molar-refractivity contribution in [2.45, 2.75) is 25.2 Å². The summed E-state index contributed by atoms with van der Waals surface area (Å²) in [6.07, 6.45) is -3.55. The predicted octanol–water partition coefficient (Wildman–Crippen LogP) is 2.96. The smallest absolute Gasteiger partial charge is 0.401 e. The first-order chi connectivity index (χ1) is 15.1. The summed E-state index contributed by atoms with van der Waals surface area (Å²) in [5.41, 5.74) is 0.890. The van der Waals surface area contributed by atoms with Crippen LogP contribution in [0.4, 0.5) is 24.7 Å². The Labute approximate surface area is 187 Å². The van der Waals surface area contributed by atoms with Crippen LogP contribution < -0.4 is 9.64 Å². The topological polar surface area (TPSA) is 96.9 Å². The number of alkyl halides is 3. The number of ether oxygens (including phenoxy) is 1. The molecule has 1 fully saturated rings. The van der Waals surface area contributed by atoms with Gasteiger partial charge in [0.25, 0.3) is 0 Å². The number of aliphatic hydroxyl groups excluding tert-OH is 1. The number of nitrogens with zero attached hydrogens (tertiary/aromatic N) is 5. The van der Waals surface area contributed by atoms with Crippen LogP contribution in [-0.4, -0.2) is 76.1 Å². The summed E-state index contributed by atoms with van der Waals surface area (Å²) in [5, 5.41) is 20.8. The molecule has 1 N–H and O–H groups in total. The van der Waals surface area contributed by atoms with Gasteiger partial charge in [-0.2, -0.15) is 13.2 Å². The minimum absolute atomic E-state index is 0.0177. The molecule has 0 aliphatic carbocycles. The lowest BCUT2D eigenvalue weighted by atomic mass is 10.2. The number of aliphatic hydroxyl groups is 1. The molecule has 3 rings (SSSR count). The van der Waals surface area contributed by atoms with E-state index >= 15 is 0 Å². The van der Waals surface area contributed by atoms with Crippen LogP contribution in [0.1, 0.15) is 6.42 Å². The zero-order chi connectivity index (χ0) is 23.3. The first-order valence-electron chi connectivity index (χ1n) is 9.93. The van der Waals surface area contributed by atoms with Crippen molar-refractivity contribution in [3.63, 3.8) is 0 Å². The normalized spacial score (nSPS) is 16.2. The molecule has 2 aromatic rings. The van der Waals surface area contributed by atoms with Gasteiger partial charge in [-0.15, -0.1) is 0 Å². The molecule has 0 spiro atoms. The summed E-state index contributed by atoms with van der Waals surface area (Å²) < 4.78 is 44.4. The van der Waals surface area contributed by atoms with Gasteiger partial charge in [0.2, 0.25) is 0 Å². The Balaban J connectivity index is 1.41. The highest BCUT2D eigenvalue weighted by Crippen LogP contribution is 2.23. The molecular formula is C19H23ClF3N5O4. The van der Waals surface area contributed by atoms with Crippen LogP contribution in [0.2, 0.25) is 5.28 Å². The first-order valence-corrected chi connectivity index (χ1v) is 10.3. The van der Waals surface area contributed by atoms with Gasteiger partial charge in [-0.3, -0.25) is 9.47 Å². The number of benzene rings is 1. The Kier molecular flexibility index (Phi) is 7.80. The van der Waals surface area contributed by atoms with Crippen molar-refractivity contribution in [2.75, 3.05) is 44.2 Å². The van der Waals surface area contributed by atoms with Crippen molar-refractivity contribution >= 4 is 23.1 Å². The third-order valence-electron chi connectivity index (χ3n) is 5.02. The fraction of sp³-hybridized carbons (Fsp3) is 0.526. The van der Waals surface area contributed by atoms with Crippen LogP contribution in [0.25, 0.3) is 0 Å². The number of halogens is 4. The summed E-state index contributed by atoms with van der Waals surface area (Å²) in [5.74, 6) is 0.183. The maximum atomic E-state index is 12.5. The molecule has 1 atom stereocenters. The number of hydrogen-bond donors (Lipinski definition) is 1. The zero-order valence-corrected chi connectivity index (χ0v) is 17.8. The highest BCUT2D eigenvalue weighted by atomic mass is 35.5. The monoisotopic (exact) mass is 477 g/mol. The van der Waals surface area contributed by atoms with Gasteiger partial charge < -0.3 is 24.9 Å². The molecule has 1 saturated heterocycles. The summed E-state index contributed by atoms with van der Waals surface area (Å²) >= 11 is 5.84. The molecule has 176 valence electrons. The van der Waals surface area contributed by atoms with E-state index < -0.39 is 23.7 Å². The van der Waals surface area contributed by atoms with Crippen LogP contribution in [0.15, 0.2) is 30.5 Å². The molecule has 0 bridgehead atoms. The van der Waals surface area contributed by atoms with Crippen LogP contribution in [-0.2, 0) is 6.54 Å². The van der Waals surface area contributed by atoms with Gasteiger partial charge in [-0.05, 0) is 52.2 Å². The van der Waals surface area contributed by atoms with E-state index in [9.17, 15) is 28.4 Å². The molecule has 1 aromatic carbocycles. The lowest BCUT2D eigenvalue weighted by Gasteiger charge is -2.36. The lowest BCUT2D eigenvalue weighted by Crippen LogP contribution is -2.49. The minimum atomic E-state index is -4.19. The number of aryl methyl sites for hydroxylation is 1. The Morgan fingerprint density at radius 1 is 1.22 bits per heavy atom. The second-order valence-corrected chi connectivity index (χ2v) is 7.78. The molecule has 32 heavy (non-hydrogen) atoms. The van der Waals surface area contributed by atoms with E-state index in [-0.39, 0.29) is 30.7 Å². The number of piperazine rings is 1. The zero-order valence-electron chi connectivity index (χ0n) is 17.0.